The van der Waals surface area contributed by atoms with Crippen molar-refractivity contribution in [2.24, 2.45) is 11.7 Å². The van der Waals surface area contributed by atoms with Gasteiger partial charge in [-0.05, 0) is 24.8 Å². The van der Waals surface area contributed by atoms with Crippen molar-refractivity contribution in [3.8, 4) is 11.5 Å². The van der Waals surface area contributed by atoms with Crippen LogP contribution in [0.25, 0.3) is 0 Å². The van der Waals surface area contributed by atoms with Crippen molar-refractivity contribution in [3.63, 3.8) is 0 Å². The fraction of sp³-hybridized carbons (Fsp3) is 0.500. The van der Waals surface area contributed by atoms with Crippen LogP contribution in [0.15, 0.2) is 18.2 Å². The van der Waals surface area contributed by atoms with Crippen LogP contribution in [0, 0.1) is 5.92 Å². The van der Waals surface area contributed by atoms with Crippen molar-refractivity contribution >= 4 is 0 Å². The van der Waals surface area contributed by atoms with Crippen molar-refractivity contribution in [3.05, 3.63) is 23.8 Å². The maximum Gasteiger partial charge on any atom is 0.231 e. The maximum absolute atomic E-state index is 6.24. The standard InChI is InChI=1S/C12H15NO2/c13-11(8-3-1-4-8)9-5-2-6-10-12(9)15-7-14-10/h2,5-6,8,11H,1,3-4,7,13H2/t11-/m1/s1. The lowest BCUT2D eigenvalue weighted by molar-refractivity contribution is 0.171. The van der Waals surface area contributed by atoms with Gasteiger partial charge in [-0.15, -0.1) is 0 Å². The highest BCUT2D eigenvalue weighted by atomic mass is 16.7. The van der Waals surface area contributed by atoms with E-state index in [9.17, 15) is 0 Å². The molecule has 1 saturated carbocycles. The van der Waals surface area contributed by atoms with Gasteiger partial charge in [-0.2, -0.15) is 0 Å². The SMILES string of the molecule is N[C@@H](c1cccc2c1OCO2)C1CCC1. The van der Waals surface area contributed by atoms with Gasteiger partial charge in [0.1, 0.15) is 0 Å². The molecule has 2 N–H and O–H groups in total. The zero-order valence-corrected chi connectivity index (χ0v) is 8.61. The fourth-order valence-corrected chi connectivity index (χ4v) is 2.27. The molecule has 15 heavy (non-hydrogen) atoms. The number of fused-ring (bicyclic) bond motifs is 1. The van der Waals surface area contributed by atoms with Crippen LogP contribution in [0.3, 0.4) is 0 Å². The number of rotatable bonds is 2. The van der Waals surface area contributed by atoms with Gasteiger partial charge in [0.05, 0.1) is 0 Å². The molecule has 1 fully saturated rings. The molecule has 1 heterocycles. The summed E-state index contributed by atoms with van der Waals surface area (Å²) in [7, 11) is 0. The summed E-state index contributed by atoms with van der Waals surface area (Å²) in [6.07, 6.45) is 3.79. The Morgan fingerprint density at radius 2 is 2.13 bits per heavy atom. The first-order valence-electron chi connectivity index (χ1n) is 5.50. The van der Waals surface area contributed by atoms with E-state index in [2.05, 4.69) is 6.07 Å². The van der Waals surface area contributed by atoms with E-state index >= 15 is 0 Å². The van der Waals surface area contributed by atoms with E-state index in [4.69, 9.17) is 15.2 Å². The Balaban J connectivity index is 1.93. The molecule has 1 aliphatic heterocycles. The molecular formula is C12H15NO2. The van der Waals surface area contributed by atoms with Crippen molar-refractivity contribution in [2.45, 2.75) is 25.3 Å². The zero-order chi connectivity index (χ0) is 10.3. The largest absolute Gasteiger partial charge is 0.454 e. The summed E-state index contributed by atoms with van der Waals surface area (Å²) >= 11 is 0. The monoisotopic (exact) mass is 205 g/mol. The molecule has 0 aromatic heterocycles. The summed E-state index contributed by atoms with van der Waals surface area (Å²) < 4.78 is 10.8. The summed E-state index contributed by atoms with van der Waals surface area (Å²) in [6, 6.07) is 6.08. The second-order valence-corrected chi connectivity index (χ2v) is 4.30. The third-order valence-corrected chi connectivity index (χ3v) is 3.44. The minimum atomic E-state index is 0.107. The minimum Gasteiger partial charge on any atom is -0.454 e. The van der Waals surface area contributed by atoms with Crippen LogP contribution in [0.5, 0.6) is 11.5 Å². The maximum atomic E-state index is 6.24. The normalized spacial score (nSPS) is 21.1. The van der Waals surface area contributed by atoms with Gasteiger partial charge >= 0.3 is 0 Å². The van der Waals surface area contributed by atoms with Crippen LogP contribution < -0.4 is 15.2 Å². The molecule has 3 nitrogen and oxygen atoms in total. The van der Waals surface area contributed by atoms with Gasteiger partial charge in [0, 0.05) is 11.6 Å². The van der Waals surface area contributed by atoms with Crippen molar-refractivity contribution in [1.29, 1.82) is 0 Å². The molecule has 80 valence electrons. The Bertz CT molecular complexity index is 374. The molecule has 0 unspecified atom stereocenters. The number of nitrogens with two attached hydrogens (primary N) is 1. The van der Waals surface area contributed by atoms with E-state index in [1.165, 1.54) is 19.3 Å². The first-order chi connectivity index (χ1) is 7.36. The Kier molecular flexibility index (Phi) is 2.06. The van der Waals surface area contributed by atoms with Gasteiger partial charge in [-0.1, -0.05) is 18.6 Å². The topological polar surface area (TPSA) is 44.5 Å². The second-order valence-electron chi connectivity index (χ2n) is 4.30. The number of para-hydroxylation sites is 1. The lowest BCUT2D eigenvalue weighted by Crippen LogP contribution is -2.27. The molecule has 0 bridgehead atoms. The summed E-state index contributed by atoms with van der Waals surface area (Å²) in [5.74, 6) is 2.32. The highest BCUT2D eigenvalue weighted by molar-refractivity contribution is 5.49. The molecule has 0 saturated heterocycles. The van der Waals surface area contributed by atoms with Crippen LogP contribution in [-0.2, 0) is 0 Å². The van der Waals surface area contributed by atoms with Crippen molar-refractivity contribution in [1.82, 2.24) is 0 Å². The lowest BCUT2D eigenvalue weighted by atomic mass is 9.77. The second kappa shape index (κ2) is 3.42. The van der Waals surface area contributed by atoms with Gasteiger partial charge in [0.2, 0.25) is 6.79 Å². The molecule has 1 aliphatic carbocycles. The van der Waals surface area contributed by atoms with Crippen LogP contribution in [0.1, 0.15) is 30.9 Å². The fourth-order valence-electron chi connectivity index (χ4n) is 2.27. The van der Waals surface area contributed by atoms with Crippen LogP contribution in [-0.4, -0.2) is 6.79 Å². The van der Waals surface area contributed by atoms with Crippen molar-refractivity contribution in [2.75, 3.05) is 6.79 Å². The number of hydrogen-bond acceptors (Lipinski definition) is 3. The number of hydrogen-bond donors (Lipinski definition) is 1. The Hall–Kier alpha value is -1.22. The van der Waals surface area contributed by atoms with E-state index in [1.807, 2.05) is 12.1 Å². The van der Waals surface area contributed by atoms with Gasteiger partial charge in [-0.25, -0.2) is 0 Å². The quantitative estimate of drug-likeness (QED) is 0.805. The molecule has 1 aromatic rings. The molecule has 2 aliphatic rings. The van der Waals surface area contributed by atoms with E-state index < -0.39 is 0 Å². The average Bonchev–Trinajstić information content (AvgIpc) is 2.61. The average molecular weight is 205 g/mol. The summed E-state index contributed by atoms with van der Waals surface area (Å²) in [5, 5.41) is 0. The predicted octanol–water partition coefficient (Wildman–Crippen LogP) is 2.22. The van der Waals surface area contributed by atoms with E-state index in [1.54, 1.807) is 0 Å². The zero-order valence-electron chi connectivity index (χ0n) is 8.61. The Morgan fingerprint density at radius 3 is 2.87 bits per heavy atom. The summed E-state index contributed by atoms with van der Waals surface area (Å²) in [6.45, 7) is 0.323. The molecular weight excluding hydrogens is 190 g/mol. The first kappa shape index (κ1) is 9.04. The third kappa shape index (κ3) is 1.38. The van der Waals surface area contributed by atoms with E-state index in [0.717, 1.165) is 17.1 Å². The van der Waals surface area contributed by atoms with Gasteiger partial charge in [-0.3, -0.25) is 0 Å². The van der Waals surface area contributed by atoms with Gasteiger partial charge in [0.25, 0.3) is 0 Å². The smallest absolute Gasteiger partial charge is 0.231 e. The Labute approximate surface area is 89.2 Å². The molecule has 0 spiro atoms. The molecule has 3 rings (SSSR count). The van der Waals surface area contributed by atoms with Crippen LogP contribution in [0.2, 0.25) is 0 Å². The minimum absolute atomic E-state index is 0.107. The first-order valence-corrected chi connectivity index (χ1v) is 5.50. The van der Waals surface area contributed by atoms with Gasteiger partial charge < -0.3 is 15.2 Å². The number of benzene rings is 1. The Morgan fingerprint density at radius 1 is 1.27 bits per heavy atom. The molecule has 1 aromatic carbocycles. The van der Waals surface area contributed by atoms with Crippen LogP contribution >= 0.6 is 0 Å². The van der Waals surface area contributed by atoms with E-state index in [-0.39, 0.29) is 6.04 Å². The molecule has 0 amide bonds. The molecule has 1 atom stereocenters. The van der Waals surface area contributed by atoms with Gasteiger partial charge in [0.15, 0.2) is 11.5 Å². The van der Waals surface area contributed by atoms with Crippen molar-refractivity contribution < 1.29 is 9.47 Å². The lowest BCUT2D eigenvalue weighted by Gasteiger charge is -2.31. The van der Waals surface area contributed by atoms with E-state index in [0.29, 0.717) is 12.7 Å². The number of ether oxygens (including phenoxy) is 2. The summed E-state index contributed by atoms with van der Waals surface area (Å²) in [5.41, 5.74) is 7.34. The highest BCUT2D eigenvalue weighted by Gasteiger charge is 2.29. The third-order valence-electron chi connectivity index (χ3n) is 3.44. The highest BCUT2D eigenvalue weighted by Crippen LogP contribution is 2.43. The van der Waals surface area contributed by atoms with Crippen LogP contribution in [0.4, 0.5) is 0 Å². The molecule has 3 heteroatoms. The predicted molar refractivity (Wildman–Crippen MR) is 56.8 cm³/mol. The summed E-state index contributed by atoms with van der Waals surface area (Å²) in [4.78, 5) is 0. The molecule has 0 radical (unpaired) electrons.